The highest BCUT2D eigenvalue weighted by Gasteiger charge is 2.15. The molecule has 176 valence electrons. The van der Waals surface area contributed by atoms with E-state index in [1.54, 1.807) is 6.20 Å². The van der Waals surface area contributed by atoms with Crippen LogP contribution in [0.1, 0.15) is 25.0 Å². The molecule has 0 spiro atoms. The van der Waals surface area contributed by atoms with E-state index in [9.17, 15) is 0 Å². The first-order valence-corrected chi connectivity index (χ1v) is 11.9. The molecule has 3 aromatic carbocycles. The monoisotopic (exact) mass is 482 g/mol. The van der Waals surface area contributed by atoms with Gasteiger partial charge in [-0.25, -0.2) is 15.0 Å². The largest absolute Gasteiger partial charge is 0.330 e. The molecule has 2 heterocycles. The molecule has 0 fully saturated rings. The van der Waals surface area contributed by atoms with E-state index in [0.29, 0.717) is 16.7 Å². The number of hydrogen-bond donors (Lipinski definition) is 2. The Labute approximate surface area is 209 Å². The first kappa shape index (κ1) is 23.0. The summed E-state index contributed by atoms with van der Waals surface area (Å²) in [6.07, 6.45) is 4.44. The van der Waals surface area contributed by atoms with Crippen LogP contribution < -0.4 is 11.1 Å². The number of nitrogens with two attached hydrogens (primary N) is 1. The summed E-state index contributed by atoms with van der Waals surface area (Å²) in [6.45, 7) is 4.83. The fourth-order valence-corrected chi connectivity index (χ4v) is 4.21. The third kappa shape index (κ3) is 5.19. The third-order valence-corrected chi connectivity index (χ3v) is 6.30. The Hall–Kier alpha value is -3.74. The molecule has 0 aliphatic carbocycles. The Bertz CT molecular complexity index is 1450. The van der Waals surface area contributed by atoms with Crippen LogP contribution in [0.3, 0.4) is 0 Å². The van der Waals surface area contributed by atoms with Gasteiger partial charge in [-0.1, -0.05) is 60.1 Å². The van der Waals surface area contributed by atoms with Crippen molar-refractivity contribution in [2.24, 2.45) is 5.73 Å². The molecule has 0 amide bonds. The van der Waals surface area contributed by atoms with Crippen molar-refractivity contribution in [3.63, 3.8) is 0 Å². The van der Waals surface area contributed by atoms with Gasteiger partial charge in [-0.3, -0.25) is 0 Å². The number of aryl methyl sites for hydroxylation is 2. The number of hydrogen-bond acceptors (Lipinski definition) is 5. The van der Waals surface area contributed by atoms with Crippen molar-refractivity contribution in [3.05, 3.63) is 101 Å². The van der Waals surface area contributed by atoms with E-state index in [0.717, 1.165) is 40.8 Å². The van der Waals surface area contributed by atoms with Crippen molar-refractivity contribution < 1.29 is 0 Å². The van der Waals surface area contributed by atoms with E-state index in [1.165, 1.54) is 5.56 Å². The van der Waals surface area contributed by atoms with Gasteiger partial charge in [0.1, 0.15) is 0 Å². The molecular formula is C28H27ClN6. The van der Waals surface area contributed by atoms with Gasteiger partial charge in [-0.15, -0.1) is 0 Å². The Balaban J connectivity index is 1.27. The normalized spacial score (nSPS) is 11.7. The van der Waals surface area contributed by atoms with E-state index >= 15 is 0 Å². The highest BCUT2D eigenvalue weighted by molar-refractivity contribution is 6.32. The van der Waals surface area contributed by atoms with E-state index in [1.807, 2.05) is 74.8 Å². The molecule has 0 saturated carbocycles. The molecule has 0 atom stereocenters. The quantitative estimate of drug-likeness (QED) is 0.283. The number of anilines is 2. The summed E-state index contributed by atoms with van der Waals surface area (Å²) < 4.78 is 2.19. The summed E-state index contributed by atoms with van der Waals surface area (Å²) in [4.78, 5) is 13.5. The number of imidazole rings is 1. The lowest BCUT2D eigenvalue weighted by Gasteiger charge is -2.19. The molecule has 5 rings (SSSR count). The molecular weight excluding hydrogens is 456 g/mol. The van der Waals surface area contributed by atoms with Crippen molar-refractivity contribution in [2.75, 3.05) is 5.32 Å². The Kier molecular flexibility index (Phi) is 6.24. The van der Waals surface area contributed by atoms with E-state index in [-0.39, 0.29) is 0 Å². The highest BCUT2D eigenvalue weighted by atomic mass is 35.5. The van der Waals surface area contributed by atoms with Gasteiger partial charge in [-0.2, -0.15) is 0 Å². The van der Waals surface area contributed by atoms with Gasteiger partial charge in [0.15, 0.2) is 0 Å². The van der Waals surface area contributed by atoms with Crippen molar-refractivity contribution in [1.82, 2.24) is 19.5 Å². The molecule has 35 heavy (non-hydrogen) atoms. The Morgan fingerprint density at radius 1 is 0.943 bits per heavy atom. The van der Waals surface area contributed by atoms with Crippen molar-refractivity contribution in [3.8, 4) is 11.3 Å². The second kappa shape index (κ2) is 9.49. The fraction of sp³-hybridized carbons (Fsp3) is 0.179. The molecule has 6 nitrogen and oxygen atoms in total. The summed E-state index contributed by atoms with van der Waals surface area (Å²) >= 11 is 6.41. The second-order valence-electron chi connectivity index (χ2n) is 9.19. The SMILES string of the molecule is CC(C)(N)c1ccc(-c2nc(Nc3ccc(CCn4cnc5ccccc54)cc3)ncc2Cl)cc1. The maximum absolute atomic E-state index is 6.41. The van der Waals surface area contributed by atoms with E-state index in [4.69, 9.17) is 17.3 Å². The Morgan fingerprint density at radius 3 is 2.43 bits per heavy atom. The molecule has 0 aliphatic rings. The average Bonchev–Trinajstić information content (AvgIpc) is 3.27. The summed E-state index contributed by atoms with van der Waals surface area (Å²) in [5.41, 5.74) is 12.8. The zero-order chi connectivity index (χ0) is 24.4. The number of nitrogens with zero attached hydrogens (tertiary/aromatic N) is 4. The highest BCUT2D eigenvalue weighted by Crippen LogP contribution is 2.29. The molecule has 7 heteroatoms. The van der Waals surface area contributed by atoms with E-state index in [2.05, 4.69) is 43.0 Å². The molecule has 0 radical (unpaired) electrons. The fourth-order valence-electron chi connectivity index (χ4n) is 4.01. The average molecular weight is 483 g/mol. The van der Waals surface area contributed by atoms with Gasteiger partial charge < -0.3 is 15.6 Å². The first-order chi connectivity index (χ1) is 16.9. The van der Waals surface area contributed by atoms with Crippen LogP contribution in [-0.2, 0) is 18.5 Å². The minimum absolute atomic E-state index is 0.403. The van der Waals surface area contributed by atoms with Crippen LogP contribution in [0, 0.1) is 0 Å². The van der Waals surface area contributed by atoms with Crippen molar-refractivity contribution >= 4 is 34.3 Å². The van der Waals surface area contributed by atoms with E-state index < -0.39 is 5.54 Å². The predicted octanol–water partition coefficient (Wildman–Crippen LogP) is 6.33. The molecule has 0 unspecified atom stereocenters. The van der Waals surface area contributed by atoms with Crippen LogP contribution in [0.15, 0.2) is 85.3 Å². The molecule has 0 saturated heterocycles. The van der Waals surface area contributed by atoms with Crippen molar-refractivity contribution in [2.45, 2.75) is 32.4 Å². The standard InChI is InChI=1S/C28H27ClN6/c1-28(2,30)21-11-9-20(10-12-21)26-23(29)17-31-27(34-26)33-22-13-7-19(8-14-22)15-16-35-18-32-24-5-3-4-6-25(24)35/h3-14,17-18H,15-16,30H2,1-2H3,(H,31,33,34). The molecule has 0 aliphatic heterocycles. The third-order valence-electron chi connectivity index (χ3n) is 6.03. The maximum atomic E-state index is 6.41. The van der Waals surface area contributed by atoms with Crippen LogP contribution in [0.4, 0.5) is 11.6 Å². The lowest BCUT2D eigenvalue weighted by molar-refractivity contribution is 0.554. The number of fused-ring (bicyclic) bond motifs is 1. The van der Waals surface area contributed by atoms with Crippen LogP contribution in [0.2, 0.25) is 5.02 Å². The topological polar surface area (TPSA) is 81.6 Å². The lowest BCUT2D eigenvalue weighted by atomic mass is 9.94. The summed E-state index contributed by atoms with van der Waals surface area (Å²) in [5, 5.41) is 3.78. The first-order valence-electron chi connectivity index (χ1n) is 11.5. The minimum Gasteiger partial charge on any atom is -0.330 e. The summed E-state index contributed by atoms with van der Waals surface area (Å²) in [6, 6.07) is 24.5. The summed E-state index contributed by atoms with van der Waals surface area (Å²) in [7, 11) is 0. The van der Waals surface area contributed by atoms with Crippen LogP contribution in [-0.4, -0.2) is 19.5 Å². The van der Waals surface area contributed by atoms with Gasteiger partial charge in [-0.05, 0) is 55.7 Å². The van der Waals surface area contributed by atoms with Gasteiger partial charge in [0.2, 0.25) is 5.95 Å². The number of rotatable bonds is 7. The van der Waals surface area contributed by atoms with Crippen LogP contribution in [0.25, 0.3) is 22.3 Å². The molecule has 5 aromatic rings. The van der Waals surface area contributed by atoms with Gasteiger partial charge >= 0.3 is 0 Å². The number of para-hydroxylation sites is 2. The molecule has 0 bridgehead atoms. The number of aromatic nitrogens is 4. The van der Waals surface area contributed by atoms with Crippen molar-refractivity contribution in [1.29, 1.82) is 0 Å². The van der Waals surface area contributed by atoms with Crippen LogP contribution >= 0.6 is 11.6 Å². The smallest absolute Gasteiger partial charge is 0.227 e. The van der Waals surface area contributed by atoms with Crippen LogP contribution in [0.5, 0.6) is 0 Å². The van der Waals surface area contributed by atoms with Gasteiger partial charge in [0, 0.05) is 23.3 Å². The van der Waals surface area contributed by atoms with Gasteiger partial charge in [0.05, 0.1) is 34.3 Å². The minimum atomic E-state index is -0.403. The Morgan fingerprint density at radius 2 is 1.69 bits per heavy atom. The predicted molar refractivity (Wildman–Crippen MR) is 143 cm³/mol. The number of nitrogens with one attached hydrogen (secondary N) is 1. The zero-order valence-electron chi connectivity index (χ0n) is 19.7. The molecule has 3 N–H and O–H groups in total. The second-order valence-corrected chi connectivity index (χ2v) is 9.59. The summed E-state index contributed by atoms with van der Waals surface area (Å²) in [5.74, 6) is 0.491. The zero-order valence-corrected chi connectivity index (χ0v) is 20.5. The lowest BCUT2D eigenvalue weighted by Crippen LogP contribution is -2.28. The number of halogens is 1. The maximum Gasteiger partial charge on any atom is 0.227 e. The van der Waals surface area contributed by atoms with Gasteiger partial charge in [0.25, 0.3) is 0 Å². The number of benzene rings is 3. The molecule has 2 aromatic heterocycles.